The number of hydrogen-bond acceptors (Lipinski definition) is 6. The molecule has 1 aromatic heterocycles. The molecule has 1 saturated heterocycles. The van der Waals surface area contributed by atoms with E-state index < -0.39 is 0 Å². The molecule has 1 fully saturated rings. The fourth-order valence-corrected chi connectivity index (χ4v) is 3.67. The predicted octanol–water partition coefficient (Wildman–Crippen LogP) is 4.41. The number of rotatable bonds is 8. The van der Waals surface area contributed by atoms with Crippen LogP contribution in [-0.2, 0) is 0 Å². The number of aromatic nitrogens is 2. The van der Waals surface area contributed by atoms with E-state index in [1.165, 1.54) is 19.3 Å². The molecule has 0 bridgehead atoms. The van der Waals surface area contributed by atoms with Crippen LogP contribution in [0.5, 0.6) is 11.5 Å². The quantitative estimate of drug-likeness (QED) is 0.515. The predicted molar refractivity (Wildman–Crippen MR) is 127 cm³/mol. The van der Waals surface area contributed by atoms with Crippen molar-refractivity contribution >= 4 is 17.7 Å². The summed E-state index contributed by atoms with van der Waals surface area (Å²) in [5.41, 5.74) is 1.52. The highest BCUT2D eigenvalue weighted by Gasteiger charge is 2.14. The van der Waals surface area contributed by atoms with Crippen molar-refractivity contribution in [2.45, 2.75) is 26.2 Å². The Morgan fingerprint density at radius 3 is 2.41 bits per heavy atom. The van der Waals surface area contributed by atoms with Crippen LogP contribution in [0.1, 0.15) is 35.3 Å². The second kappa shape index (κ2) is 10.6. The lowest BCUT2D eigenvalue weighted by Gasteiger charge is -2.28. The van der Waals surface area contributed by atoms with Gasteiger partial charge in [0.15, 0.2) is 0 Å². The third kappa shape index (κ3) is 5.97. The van der Waals surface area contributed by atoms with Gasteiger partial charge in [0.2, 0.25) is 5.95 Å². The largest absolute Gasteiger partial charge is 0.457 e. The first-order chi connectivity index (χ1) is 15.7. The monoisotopic (exact) mass is 431 g/mol. The summed E-state index contributed by atoms with van der Waals surface area (Å²) in [4.78, 5) is 23.9. The summed E-state index contributed by atoms with van der Waals surface area (Å²) < 4.78 is 5.76. The molecule has 0 saturated carbocycles. The summed E-state index contributed by atoms with van der Waals surface area (Å²) in [5.74, 6) is 2.90. The first kappa shape index (κ1) is 21.6. The van der Waals surface area contributed by atoms with Crippen LogP contribution >= 0.6 is 0 Å². The number of benzene rings is 2. The number of carbonyl (C=O) groups excluding carboxylic acids is 1. The Morgan fingerprint density at radius 1 is 0.938 bits per heavy atom. The molecular formula is C25H29N5O2. The fraction of sp³-hybridized carbons (Fsp3) is 0.320. The average Bonchev–Trinajstić information content (AvgIpc) is 2.83. The number of carbonyl (C=O) groups is 1. The molecule has 0 radical (unpaired) electrons. The van der Waals surface area contributed by atoms with Crippen LogP contribution in [0.3, 0.4) is 0 Å². The van der Waals surface area contributed by atoms with Gasteiger partial charge in [0.1, 0.15) is 17.3 Å². The van der Waals surface area contributed by atoms with Gasteiger partial charge in [0, 0.05) is 43.5 Å². The van der Waals surface area contributed by atoms with Crippen molar-refractivity contribution in [1.82, 2.24) is 15.3 Å². The minimum Gasteiger partial charge on any atom is -0.457 e. The van der Waals surface area contributed by atoms with Crippen molar-refractivity contribution in [2.75, 3.05) is 36.4 Å². The number of hydrogen-bond donors (Lipinski definition) is 2. The number of piperidine rings is 1. The molecule has 1 aliphatic rings. The van der Waals surface area contributed by atoms with Gasteiger partial charge in [0.25, 0.3) is 5.91 Å². The lowest BCUT2D eigenvalue weighted by Crippen LogP contribution is -2.31. The van der Waals surface area contributed by atoms with Crippen molar-refractivity contribution in [3.63, 3.8) is 0 Å². The summed E-state index contributed by atoms with van der Waals surface area (Å²) >= 11 is 0. The standard InChI is InChI=1S/C25H29N5O2/c1-19-18-23(30-16-6-3-7-17-30)29-25(28-19)27-15-14-26-24(31)20-10-12-22(13-11-20)32-21-8-4-2-5-9-21/h2,4-5,8-13,18H,3,6-7,14-17H2,1H3,(H,26,31)(H,27,28,29). The molecule has 1 aliphatic heterocycles. The first-order valence-corrected chi connectivity index (χ1v) is 11.1. The normalized spacial score (nSPS) is 13.5. The highest BCUT2D eigenvalue weighted by Crippen LogP contribution is 2.21. The summed E-state index contributed by atoms with van der Waals surface area (Å²) in [7, 11) is 0. The molecule has 0 spiro atoms. The Labute approximate surface area is 188 Å². The number of anilines is 2. The SMILES string of the molecule is Cc1cc(N2CCCCC2)nc(NCCNC(=O)c2ccc(Oc3ccccc3)cc2)n1. The first-order valence-electron chi connectivity index (χ1n) is 11.1. The molecule has 2 heterocycles. The number of amides is 1. The summed E-state index contributed by atoms with van der Waals surface area (Å²) in [6.07, 6.45) is 3.70. The van der Waals surface area contributed by atoms with E-state index in [1.54, 1.807) is 24.3 Å². The maximum absolute atomic E-state index is 12.4. The Morgan fingerprint density at radius 2 is 1.66 bits per heavy atom. The van der Waals surface area contributed by atoms with Gasteiger partial charge in [-0.1, -0.05) is 18.2 Å². The van der Waals surface area contributed by atoms with Gasteiger partial charge in [0.05, 0.1) is 0 Å². The second-order valence-corrected chi connectivity index (χ2v) is 7.86. The van der Waals surface area contributed by atoms with Crippen molar-refractivity contribution < 1.29 is 9.53 Å². The molecule has 0 unspecified atom stereocenters. The molecule has 2 N–H and O–H groups in total. The fourth-order valence-electron chi connectivity index (χ4n) is 3.67. The minimum absolute atomic E-state index is 0.128. The molecule has 2 aromatic carbocycles. The Kier molecular flexibility index (Phi) is 7.17. The van der Waals surface area contributed by atoms with E-state index in [2.05, 4.69) is 25.5 Å². The van der Waals surface area contributed by atoms with E-state index >= 15 is 0 Å². The van der Waals surface area contributed by atoms with Crippen molar-refractivity contribution in [3.8, 4) is 11.5 Å². The summed E-state index contributed by atoms with van der Waals surface area (Å²) in [6.45, 7) is 5.08. The molecular weight excluding hydrogens is 402 g/mol. The molecule has 7 heteroatoms. The molecule has 3 aromatic rings. The molecule has 0 atom stereocenters. The number of aryl methyl sites for hydroxylation is 1. The third-order valence-electron chi connectivity index (χ3n) is 5.31. The number of para-hydroxylation sites is 1. The summed E-state index contributed by atoms with van der Waals surface area (Å²) in [5, 5.41) is 6.15. The van der Waals surface area contributed by atoms with E-state index in [0.717, 1.165) is 30.4 Å². The molecule has 7 nitrogen and oxygen atoms in total. The van der Waals surface area contributed by atoms with Gasteiger partial charge in [-0.25, -0.2) is 4.98 Å². The molecule has 32 heavy (non-hydrogen) atoms. The van der Waals surface area contributed by atoms with Crippen LogP contribution in [0.4, 0.5) is 11.8 Å². The van der Waals surface area contributed by atoms with E-state index in [9.17, 15) is 4.79 Å². The van der Waals surface area contributed by atoms with Crippen molar-refractivity contribution in [2.24, 2.45) is 0 Å². The van der Waals surface area contributed by atoms with Crippen molar-refractivity contribution in [3.05, 3.63) is 71.9 Å². The highest BCUT2D eigenvalue weighted by molar-refractivity contribution is 5.94. The zero-order valence-corrected chi connectivity index (χ0v) is 18.4. The Bertz CT molecular complexity index is 1020. The molecule has 166 valence electrons. The van der Waals surface area contributed by atoms with Crippen LogP contribution in [0, 0.1) is 6.92 Å². The van der Waals surface area contributed by atoms with Crippen LogP contribution in [-0.4, -0.2) is 42.1 Å². The van der Waals surface area contributed by atoms with E-state index in [4.69, 9.17) is 4.74 Å². The summed E-state index contributed by atoms with van der Waals surface area (Å²) in [6, 6.07) is 18.7. The van der Waals surface area contributed by atoms with E-state index in [1.807, 2.05) is 43.3 Å². The zero-order chi connectivity index (χ0) is 22.2. The highest BCUT2D eigenvalue weighted by atomic mass is 16.5. The lowest BCUT2D eigenvalue weighted by atomic mass is 10.1. The smallest absolute Gasteiger partial charge is 0.251 e. The van der Waals surface area contributed by atoms with Crippen LogP contribution in [0.25, 0.3) is 0 Å². The van der Waals surface area contributed by atoms with Gasteiger partial charge in [-0.2, -0.15) is 4.98 Å². The van der Waals surface area contributed by atoms with Gasteiger partial charge < -0.3 is 20.3 Å². The van der Waals surface area contributed by atoms with Crippen molar-refractivity contribution in [1.29, 1.82) is 0 Å². The number of nitrogens with one attached hydrogen (secondary N) is 2. The lowest BCUT2D eigenvalue weighted by molar-refractivity contribution is 0.0955. The maximum Gasteiger partial charge on any atom is 0.251 e. The maximum atomic E-state index is 12.4. The van der Waals surface area contributed by atoms with Gasteiger partial charge in [-0.05, 0) is 62.6 Å². The molecule has 1 amide bonds. The minimum atomic E-state index is -0.128. The van der Waals surface area contributed by atoms with Crippen LogP contribution in [0.2, 0.25) is 0 Å². The number of nitrogens with zero attached hydrogens (tertiary/aromatic N) is 3. The third-order valence-corrected chi connectivity index (χ3v) is 5.31. The van der Waals surface area contributed by atoms with E-state index in [0.29, 0.717) is 30.4 Å². The molecule has 0 aliphatic carbocycles. The number of ether oxygens (including phenoxy) is 1. The van der Waals surface area contributed by atoms with Gasteiger partial charge in [-0.15, -0.1) is 0 Å². The zero-order valence-electron chi connectivity index (χ0n) is 18.4. The van der Waals surface area contributed by atoms with E-state index in [-0.39, 0.29) is 5.91 Å². The molecule has 4 rings (SSSR count). The van der Waals surface area contributed by atoms with Crippen LogP contribution in [0.15, 0.2) is 60.7 Å². The van der Waals surface area contributed by atoms with Gasteiger partial charge >= 0.3 is 0 Å². The second-order valence-electron chi connectivity index (χ2n) is 7.86. The topological polar surface area (TPSA) is 79.4 Å². The Balaban J connectivity index is 1.25. The van der Waals surface area contributed by atoms with Crippen LogP contribution < -0.4 is 20.3 Å². The Hall–Kier alpha value is -3.61. The average molecular weight is 432 g/mol. The van der Waals surface area contributed by atoms with Gasteiger partial charge in [-0.3, -0.25) is 4.79 Å².